The Morgan fingerprint density at radius 2 is 1.56 bits per heavy atom. The average molecular weight is 548 g/mol. The number of nitrogens with one attached hydrogen (secondary N) is 1. The highest BCUT2D eigenvalue weighted by Gasteiger charge is 2.32. The third-order valence-electron chi connectivity index (χ3n) is 5.56. The van der Waals surface area contributed by atoms with Crippen molar-refractivity contribution in [2.75, 3.05) is 24.2 Å². The third-order valence-corrected chi connectivity index (χ3v) is 7.19. The maximum absolute atomic E-state index is 13.8. The molecule has 1 N–H and O–H groups in total. The summed E-state index contributed by atoms with van der Waals surface area (Å²) in [5.74, 6) is -0.908. The molecule has 0 aromatic heterocycles. The van der Waals surface area contributed by atoms with Crippen LogP contribution in [-0.2, 0) is 32.6 Å². The van der Waals surface area contributed by atoms with Crippen LogP contribution in [-0.4, -0.2) is 51.0 Å². The molecule has 0 radical (unpaired) electrons. The van der Waals surface area contributed by atoms with Gasteiger partial charge in [0, 0.05) is 30.1 Å². The van der Waals surface area contributed by atoms with E-state index in [1.165, 1.54) is 18.0 Å². The van der Waals surface area contributed by atoms with Gasteiger partial charge >= 0.3 is 0 Å². The topological polar surface area (TPSA) is 86.8 Å². The molecular formula is C26H27Cl2N3O4S. The molecule has 0 unspecified atom stereocenters. The van der Waals surface area contributed by atoms with Crippen LogP contribution in [0.5, 0.6) is 0 Å². The first-order valence-corrected chi connectivity index (χ1v) is 13.7. The van der Waals surface area contributed by atoms with Crippen molar-refractivity contribution in [2.45, 2.75) is 19.0 Å². The molecule has 190 valence electrons. The molecule has 0 aliphatic rings. The molecule has 3 aromatic rings. The van der Waals surface area contributed by atoms with Crippen LogP contribution in [0.4, 0.5) is 5.69 Å². The van der Waals surface area contributed by atoms with Crippen LogP contribution in [0.1, 0.15) is 11.1 Å². The molecule has 0 fully saturated rings. The second kappa shape index (κ2) is 12.3. The van der Waals surface area contributed by atoms with E-state index in [0.717, 1.165) is 21.7 Å². The summed E-state index contributed by atoms with van der Waals surface area (Å²) in [7, 11) is -2.34. The van der Waals surface area contributed by atoms with Gasteiger partial charge in [-0.2, -0.15) is 0 Å². The Morgan fingerprint density at radius 3 is 2.14 bits per heavy atom. The van der Waals surface area contributed by atoms with E-state index in [9.17, 15) is 18.0 Å². The van der Waals surface area contributed by atoms with Crippen molar-refractivity contribution in [1.82, 2.24) is 10.2 Å². The van der Waals surface area contributed by atoms with Crippen molar-refractivity contribution in [2.24, 2.45) is 0 Å². The summed E-state index contributed by atoms with van der Waals surface area (Å²) in [6.07, 6.45) is 1.26. The van der Waals surface area contributed by atoms with Crippen LogP contribution in [0.15, 0.2) is 78.9 Å². The zero-order valence-electron chi connectivity index (χ0n) is 19.9. The van der Waals surface area contributed by atoms with Gasteiger partial charge < -0.3 is 10.2 Å². The number of carbonyl (C=O) groups excluding carboxylic acids is 2. The zero-order chi connectivity index (χ0) is 26.3. The Hall–Kier alpha value is -3.07. The molecule has 0 spiro atoms. The number of halogens is 2. The minimum Gasteiger partial charge on any atom is -0.357 e. The van der Waals surface area contributed by atoms with Crippen molar-refractivity contribution < 1.29 is 18.0 Å². The first kappa shape index (κ1) is 27.5. The lowest BCUT2D eigenvalue weighted by molar-refractivity contribution is -0.139. The summed E-state index contributed by atoms with van der Waals surface area (Å²) in [5, 5.41) is 3.50. The number of carbonyl (C=O) groups is 2. The molecular weight excluding hydrogens is 521 g/mol. The van der Waals surface area contributed by atoms with E-state index >= 15 is 0 Å². The van der Waals surface area contributed by atoms with Crippen molar-refractivity contribution in [3.63, 3.8) is 0 Å². The largest absolute Gasteiger partial charge is 0.357 e. The smallest absolute Gasteiger partial charge is 0.244 e. The van der Waals surface area contributed by atoms with Gasteiger partial charge in [-0.1, -0.05) is 71.7 Å². The van der Waals surface area contributed by atoms with Gasteiger partial charge in [0.2, 0.25) is 21.8 Å². The molecule has 0 aliphatic carbocycles. The maximum atomic E-state index is 13.8. The monoisotopic (exact) mass is 547 g/mol. The summed E-state index contributed by atoms with van der Waals surface area (Å²) < 4.78 is 26.3. The van der Waals surface area contributed by atoms with Gasteiger partial charge in [0.25, 0.3) is 0 Å². The van der Waals surface area contributed by atoms with E-state index in [-0.39, 0.29) is 24.6 Å². The Labute approximate surface area is 221 Å². The fourth-order valence-corrected chi connectivity index (χ4v) is 4.90. The quantitative estimate of drug-likeness (QED) is 0.413. The van der Waals surface area contributed by atoms with Crippen LogP contribution in [0.25, 0.3) is 0 Å². The summed E-state index contributed by atoms with van der Waals surface area (Å²) >= 11 is 12.1. The SMILES string of the molecule is CNC(=O)[C@H](Cc1ccccc1)N(Cc1ccc(Cl)cc1)C(=O)CN(c1cccc(Cl)c1)S(C)(=O)=O. The molecule has 10 heteroatoms. The maximum Gasteiger partial charge on any atom is 0.244 e. The number of sulfonamides is 1. The normalized spacial score (nSPS) is 12.0. The van der Waals surface area contributed by atoms with Crippen LogP contribution < -0.4 is 9.62 Å². The molecule has 0 heterocycles. The first-order chi connectivity index (χ1) is 17.1. The summed E-state index contributed by atoms with van der Waals surface area (Å²) in [6, 6.07) is 21.6. The van der Waals surface area contributed by atoms with Crippen LogP contribution in [0.3, 0.4) is 0 Å². The third kappa shape index (κ3) is 7.46. The molecule has 1 atom stereocenters. The van der Waals surface area contributed by atoms with Gasteiger partial charge in [-0.3, -0.25) is 13.9 Å². The fourth-order valence-electron chi connectivity index (χ4n) is 3.75. The van der Waals surface area contributed by atoms with Crippen LogP contribution >= 0.6 is 23.2 Å². The minimum absolute atomic E-state index is 0.0775. The van der Waals surface area contributed by atoms with Crippen LogP contribution in [0, 0.1) is 0 Å². The van der Waals surface area contributed by atoms with Crippen molar-refractivity contribution in [3.8, 4) is 0 Å². The minimum atomic E-state index is -3.84. The number of nitrogens with zero attached hydrogens (tertiary/aromatic N) is 2. The molecule has 3 rings (SSSR count). The number of benzene rings is 3. The van der Waals surface area contributed by atoms with Crippen LogP contribution in [0.2, 0.25) is 10.0 Å². The summed E-state index contributed by atoms with van der Waals surface area (Å²) in [5.41, 5.74) is 1.85. The Balaban J connectivity index is 2.01. The van der Waals surface area contributed by atoms with Gasteiger partial charge in [-0.15, -0.1) is 0 Å². The highest BCUT2D eigenvalue weighted by Crippen LogP contribution is 2.23. The molecule has 0 aliphatic heterocycles. The number of likely N-dealkylation sites (N-methyl/N-ethyl adjacent to an activating group) is 1. The van der Waals surface area contributed by atoms with Gasteiger partial charge in [0.15, 0.2) is 0 Å². The van der Waals surface area contributed by atoms with Gasteiger partial charge in [0.1, 0.15) is 12.6 Å². The van der Waals surface area contributed by atoms with Crippen molar-refractivity contribution in [1.29, 1.82) is 0 Å². The number of hydrogen-bond acceptors (Lipinski definition) is 4. The number of anilines is 1. The highest BCUT2D eigenvalue weighted by atomic mass is 35.5. The standard InChI is InChI=1S/C26H27Cl2N3O4S/c1-29-26(33)24(15-19-7-4-3-5-8-19)30(17-20-11-13-21(27)14-12-20)25(32)18-31(36(2,34)35)23-10-6-9-22(28)16-23/h3-14,16,24H,15,17-18H2,1-2H3,(H,29,33)/t24-/m0/s1. The Morgan fingerprint density at radius 1 is 0.889 bits per heavy atom. The van der Waals surface area contributed by atoms with Gasteiger partial charge in [-0.05, 0) is 41.5 Å². The molecule has 3 aromatic carbocycles. The number of amides is 2. The Bertz CT molecular complexity index is 1300. The van der Waals surface area contributed by atoms with E-state index in [1.807, 2.05) is 30.3 Å². The summed E-state index contributed by atoms with van der Waals surface area (Å²) in [6.45, 7) is -0.427. The lowest BCUT2D eigenvalue weighted by Gasteiger charge is -2.33. The molecule has 2 amide bonds. The number of hydrogen-bond donors (Lipinski definition) is 1. The predicted molar refractivity (Wildman–Crippen MR) is 144 cm³/mol. The van der Waals surface area contributed by atoms with E-state index in [2.05, 4.69) is 5.32 Å². The predicted octanol–water partition coefficient (Wildman–Crippen LogP) is 4.15. The second-order valence-electron chi connectivity index (χ2n) is 8.22. The van der Waals surface area contributed by atoms with E-state index in [1.54, 1.807) is 42.5 Å². The van der Waals surface area contributed by atoms with E-state index in [0.29, 0.717) is 10.0 Å². The molecule has 36 heavy (non-hydrogen) atoms. The second-order valence-corrected chi connectivity index (χ2v) is 11.0. The zero-order valence-corrected chi connectivity index (χ0v) is 22.2. The summed E-state index contributed by atoms with van der Waals surface area (Å²) in [4.78, 5) is 28.2. The van der Waals surface area contributed by atoms with E-state index in [4.69, 9.17) is 23.2 Å². The molecule has 0 saturated heterocycles. The Kier molecular flexibility index (Phi) is 9.37. The fraction of sp³-hybridized carbons (Fsp3) is 0.231. The van der Waals surface area contributed by atoms with Gasteiger partial charge in [-0.25, -0.2) is 8.42 Å². The lowest BCUT2D eigenvalue weighted by atomic mass is 10.0. The first-order valence-electron chi connectivity index (χ1n) is 11.1. The highest BCUT2D eigenvalue weighted by molar-refractivity contribution is 7.92. The van der Waals surface area contributed by atoms with Crippen molar-refractivity contribution in [3.05, 3.63) is 100 Å². The lowest BCUT2D eigenvalue weighted by Crippen LogP contribution is -2.52. The van der Waals surface area contributed by atoms with E-state index < -0.39 is 28.5 Å². The molecule has 7 nitrogen and oxygen atoms in total. The molecule has 0 saturated carbocycles. The van der Waals surface area contributed by atoms with Gasteiger partial charge in [0.05, 0.1) is 11.9 Å². The molecule has 0 bridgehead atoms. The average Bonchev–Trinajstić information content (AvgIpc) is 2.85. The van der Waals surface area contributed by atoms with Crippen molar-refractivity contribution >= 4 is 50.7 Å². The number of rotatable bonds is 10.